The third-order valence-electron chi connectivity index (χ3n) is 4.49. The lowest BCUT2D eigenvalue weighted by atomic mass is 9.93. The Morgan fingerprint density at radius 3 is 1.18 bits per heavy atom. The van der Waals surface area contributed by atoms with Gasteiger partial charge in [-0.1, -0.05) is 13.8 Å². The van der Waals surface area contributed by atoms with Crippen molar-refractivity contribution in [2.45, 2.75) is 91.4 Å². The third kappa shape index (κ3) is 14.5. The third-order valence-corrected chi connectivity index (χ3v) is 4.49. The van der Waals surface area contributed by atoms with Gasteiger partial charge in [-0.05, 0) is 47.0 Å². The van der Waals surface area contributed by atoms with E-state index >= 15 is 0 Å². The van der Waals surface area contributed by atoms with Crippen LogP contribution in [0.15, 0.2) is 0 Å². The van der Waals surface area contributed by atoms with E-state index in [2.05, 4.69) is 21.3 Å². The first-order valence-electron chi connectivity index (χ1n) is 11.1. The highest BCUT2D eigenvalue weighted by Crippen LogP contribution is 2.13. The molecule has 0 radical (unpaired) electrons. The summed E-state index contributed by atoms with van der Waals surface area (Å²) in [5, 5.41) is 11.8. The van der Waals surface area contributed by atoms with Gasteiger partial charge in [-0.3, -0.25) is 29.8 Å². The van der Waals surface area contributed by atoms with Crippen LogP contribution in [0.4, 0.5) is 0 Å². The number of carbonyl (C=O) groups is 4. The van der Waals surface area contributed by atoms with Gasteiger partial charge in [-0.2, -0.15) is 0 Å². The molecule has 0 aromatic heterocycles. The molecule has 0 aromatic carbocycles. The summed E-state index contributed by atoms with van der Waals surface area (Å²) in [7, 11) is 2.57. The second-order valence-electron chi connectivity index (χ2n) is 11.1. The van der Waals surface area contributed by atoms with Crippen molar-refractivity contribution >= 4 is 23.8 Å². The molecule has 4 N–H and O–H groups in total. The normalized spacial score (nSPS) is 14.1. The Kier molecular flexibility index (Phi) is 12.0. The number of methoxy groups -OCH3 is 2. The molecule has 2 atom stereocenters. The second kappa shape index (κ2) is 12.9. The number of ether oxygens (including phenoxy) is 2. The summed E-state index contributed by atoms with van der Waals surface area (Å²) in [5.74, 6) is -1.62. The van der Waals surface area contributed by atoms with Crippen molar-refractivity contribution in [1.82, 2.24) is 21.3 Å². The maximum absolute atomic E-state index is 12.4. The van der Waals surface area contributed by atoms with Crippen LogP contribution in [0, 0.1) is 5.41 Å². The molecule has 10 nitrogen and oxygen atoms in total. The Morgan fingerprint density at radius 1 is 0.636 bits per heavy atom. The highest BCUT2D eigenvalue weighted by Gasteiger charge is 2.29. The Bertz CT molecular complexity index is 623. The van der Waals surface area contributed by atoms with Crippen molar-refractivity contribution in [1.29, 1.82) is 0 Å². The van der Waals surface area contributed by atoms with Gasteiger partial charge in [0.15, 0.2) is 0 Å². The van der Waals surface area contributed by atoms with Crippen LogP contribution in [-0.2, 0) is 28.7 Å². The number of hydrogen-bond acceptors (Lipinski definition) is 8. The fraction of sp³-hybridized carbons (Fsp3) is 0.826. The van der Waals surface area contributed by atoms with Crippen LogP contribution >= 0.6 is 0 Å². The zero-order chi connectivity index (χ0) is 26.0. The van der Waals surface area contributed by atoms with E-state index in [0.29, 0.717) is 0 Å². The lowest BCUT2D eigenvalue weighted by molar-refractivity contribution is -0.145. The van der Waals surface area contributed by atoms with Crippen molar-refractivity contribution < 1.29 is 28.7 Å². The molecule has 192 valence electrons. The summed E-state index contributed by atoms with van der Waals surface area (Å²) in [6.45, 7) is 15.7. The molecule has 0 saturated carbocycles. The number of esters is 2. The van der Waals surface area contributed by atoms with Gasteiger partial charge in [-0.25, -0.2) is 0 Å². The first-order valence-corrected chi connectivity index (χ1v) is 11.1. The van der Waals surface area contributed by atoms with Gasteiger partial charge in [0.25, 0.3) is 0 Å². The van der Waals surface area contributed by atoms with E-state index < -0.39 is 29.4 Å². The Balaban J connectivity index is 4.77. The van der Waals surface area contributed by atoms with Crippen LogP contribution in [0.2, 0.25) is 0 Å². The minimum Gasteiger partial charge on any atom is -0.468 e. The standard InChI is InChI=1S/C23H44N4O6/c1-21(2,3)26-15(19(30)32-9)11-17(28)24-13-23(7,8)14-25-18(29)12-16(20(31)33-10)27-22(4,5)6/h15-16,26-27H,11-14H2,1-10H3,(H,24,28)(H,25,29). The first-order chi connectivity index (χ1) is 14.9. The van der Waals surface area contributed by atoms with Crippen molar-refractivity contribution in [3.05, 3.63) is 0 Å². The zero-order valence-corrected chi connectivity index (χ0v) is 21.9. The molecular weight excluding hydrogens is 428 g/mol. The van der Waals surface area contributed by atoms with E-state index in [1.807, 2.05) is 55.4 Å². The largest absolute Gasteiger partial charge is 0.468 e. The summed E-state index contributed by atoms with van der Waals surface area (Å²) in [5.41, 5.74) is -1.19. The summed E-state index contributed by atoms with van der Waals surface area (Å²) in [4.78, 5) is 48.8. The monoisotopic (exact) mass is 472 g/mol. The van der Waals surface area contributed by atoms with E-state index in [1.165, 1.54) is 14.2 Å². The smallest absolute Gasteiger partial charge is 0.323 e. The summed E-state index contributed by atoms with van der Waals surface area (Å²) >= 11 is 0. The predicted octanol–water partition coefficient (Wildman–Crippen LogP) is 0.885. The molecule has 0 fully saturated rings. The second-order valence-corrected chi connectivity index (χ2v) is 11.1. The van der Waals surface area contributed by atoms with Gasteiger partial charge in [0.05, 0.1) is 27.1 Å². The van der Waals surface area contributed by atoms with E-state index in [4.69, 9.17) is 9.47 Å². The van der Waals surface area contributed by atoms with E-state index in [9.17, 15) is 19.2 Å². The number of amides is 2. The van der Waals surface area contributed by atoms with Gasteiger partial charge in [0.2, 0.25) is 11.8 Å². The summed E-state index contributed by atoms with van der Waals surface area (Å²) < 4.78 is 9.58. The summed E-state index contributed by atoms with van der Waals surface area (Å²) in [6.07, 6.45) is -0.128. The molecule has 2 unspecified atom stereocenters. The fourth-order valence-corrected chi connectivity index (χ4v) is 2.97. The molecule has 0 rings (SSSR count). The van der Waals surface area contributed by atoms with Crippen LogP contribution in [0.5, 0.6) is 0 Å². The summed E-state index contributed by atoms with van der Waals surface area (Å²) in [6, 6.07) is -1.52. The van der Waals surface area contributed by atoms with Crippen molar-refractivity contribution in [3.8, 4) is 0 Å². The van der Waals surface area contributed by atoms with Crippen molar-refractivity contribution in [2.75, 3.05) is 27.3 Å². The Labute approximate surface area is 198 Å². The number of hydrogen-bond donors (Lipinski definition) is 4. The maximum atomic E-state index is 12.4. The lowest BCUT2D eigenvalue weighted by Crippen LogP contribution is -2.51. The molecule has 0 aliphatic rings. The molecule has 0 saturated heterocycles. The van der Waals surface area contributed by atoms with E-state index in [0.717, 1.165) is 0 Å². The van der Waals surface area contributed by atoms with Crippen LogP contribution in [0.1, 0.15) is 68.2 Å². The topological polar surface area (TPSA) is 135 Å². The highest BCUT2D eigenvalue weighted by molar-refractivity contribution is 5.86. The Hall–Kier alpha value is -2.20. The first kappa shape index (κ1) is 30.8. The minimum absolute atomic E-state index is 0.0638. The van der Waals surface area contributed by atoms with E-state index in [-0.39, 0.29) is 48.8 Å². The minimum atomic E-state index is -0.761. The van der Waals surface area contributed by atoms with Crippen LogP contribution in [-0.4, -0.2) is 74.2 Å². The van der Waals surface area contributed by atoms with E-state index in [1.54, 1.807) is 0 Å². The molecular formula is C23H44N4O6. The molecule has 10 heteroatoms. The molecule has 33 heavy (non-hydrogen) atoms. The molecule has 0 spiro atoms. The van der Waals surface area contributed by atoms with Gasteiger partial charge in [0, 0.05) is 24.2 Å². The van der Waals surface area contributed by atoms with Crippen molar-refractivity contribution in [2.24, 2.45) is 5.41 Å². The zero-order valence-electron chi connectivity index (χ0n) is 21.9. The van der Waals surface area contributed by atoms with Gasteiger partial charge < -0.3 is 20.1 Å². The van der Waals surface area contributed by atoms with Crippen LogP contribution in [0.25, 0.3) is 0 Å². The quantitative estimate of drug-likeness (QED) is 0.308. The van der Waals surface area contributed by atoms with Gasteiger partial charge >= 0.3 is 11.9 Å². The number of carbonyl (C=O) groups excluding carboxylic acids is 4. The predicted molar refractivity (Wildman–Crippen MR) is 126 cm³/mol. The number of nitrogens with one attached hydrogen (secondary N) is 4. The van der Waals surface area contributed by atoms with Gasteiger partial charge in [0.1, 0.15) is 12.1 Å². The highest BCUT2D eigenvalue weighted by atomic mass is 16.5. The molecule has 0 aliphatic carbocycles. The van der Waals surface area contributed by atoms with Crippen molar-refractivity contribution in [3.63, 3.8) is 0 Å². The van der Waals surface area contributed by atoms with Gasteiger partial charge in [-0.15, -0.1) is 0 Å². The fourth-order valence-electron chi connectivity index (χ4n) is 2.97. The maximum Gasteiger partial charge on any atom is 0.323 e. The molecule has 0 bridgehead atoms. The lowest BCUT2D eigenvalue weighted by Gasteiger charge is -2.29. The average molecular weight is 473 g/mol. The Morgan fingerprint density at radius 2 is 0.939 bits per heavy atom. The van der Waals surface area contributed by atoms with Crippen LogP contribution < -0.4 is 21.3 Å². The molecule has 0 aromatic rings. The molecule has 2 amide bonds. The average Bonchev–Trinajstić information content (AvgIpc) is 2.66. The molecule has 0 heterocycles. The van der Waals surface area contributed by atoms with Crippen LogP contribution in [0.3, 0.4) is 0 Å². The molecule has 0 aliphatic heterocycles. The number of rotatable bonds is 12. The SMILES string of the molecule is COC(=O)C(CC(=O)NCC(C)(C)CNC(=O)CC(NC(C)(C)C)C(=O)OC)NC(C)(C)C.